The van der Waals surface area contributed by atoms with Crippen molar-refractivity contribution in [1.82, 2.24) is 0 Å². The van der Waals surface area contributed by atoms with Gasteiger partial charge in [-0.2, -0.15) is 0 Å². The monoisotopic (exact) mass is 328 g/mol. The van der Waals surface area contributed by atoms with Gasteiger partial charge in [-0.15, -0.1) is 0 Å². The van der Waals surface area contributed by atoms with E-state index in [-0.39, 0.29) is 5.92 Å². The topological polar surface area (TPSA) is 9.23 Å². The summed E-state index contributed by atoms with van der Waals surface area (Å²) in [6.45, 7) is 2.36. The van der Waals surface area contributed by atoms with Crippen LogP contribution in [-0.2, 0) is 4.74 Å². The Kier molecular flexibility index (Phi) is 5.98. The van der Waals surface area contributed by atoms with E-state index >= 15 is 0 Å². The van der Waals surface area contributed by atoms with Crippen molar-refractivity contribution >= 4 is 0 Å². The number of halogens is 2. The molecule has 0 saturated heterocycles. The van der Waals surface area contributed by atoms with Gasteiger partial charge in [-0.25, -0.2) is 8.78 Å². The van der Waals surface area contributed by atoms with Gasteiger partial charge >= 0.3 is 0 Å². The van der Waals surface area contributed by atoms with Crippen molar-refractivity contribution < 1.29 is 13.5 Å². The fourth-order valence-corrected chi connectivity index (χ4v) is 5.49. The Hall–Kier alpha value is -0.180. The number of alkyl halides is 2. The average Bonchev–Trinajstić information content (AvgIpc) is 2.57. The summed E-state index contributed by atoms with van der Waals surface area (Å²) in [7, 11) is 1.51. The van der Waals surface area contributed by atoms with Crippen molar-refractivity contribution in [2.24, 2.45) is 29.6 Å². The molecule has 134 valence electrons. The molecule has 0 heterocycles. The van der Waals surface area contributed by atoms with Crippen LogP contribution >= 0.6 is 0 Å². The van der Waals surface area contributed by atoms with Crippen LogP contribution in [0.15, 0.2) is 0 Å². The highest BCUT2D eigenvalue weighted by Gasteiger charge is 2.47. The zero-order valence-corrected chi connectivity index (χ0v) is 14.9. The van der Waals surface area contributed by atoms with Crippen LogP contribution in [0.3, 0.4) is 0 Å². The molecule has 0 aromatic rings. The van der Waals surface area contributed by atoms with Crippen LogP contribution in [0.4, 0.5) is 8.78 Å². The molecule has 3 rings (SSSR count). The predicted octanol–water partition coefficient (Wildman–Crippen LogP) is 5.72. The lowest BCUT2D eigenvalue weighted by Gasteiger charge is -2.45. The van der Waals surface area contributed by atoms with Gasteiger partial charge in [0, 0.05) is 7.11 Å². The van der Waals surface area contributed by atoms with Crippen LogP contribution < -0.4 is 0 Å². The average molecular weight is 328 g/mol. The normalized spacial score (nSPS) is 48.0. The summed E-state index contributed by atoms with van der Waals surface area (Å²) in [6, 6.07) is 0. The zero-order chi connectivity index (χ0) is 16.4. The second kappa shape index (κ2) is 7.80. The summed E-state index contributed by atoms with van der Waals surface area (Å²) in [5.74, 6) is 2.71. The third kappa shape index (κ3) is 4.08. The summed E-state index contributed by atoms with van der Waals surface area (Å²) in [4.78, 5) is 0. The lowest BCUT2D eigenvalue weighted by molar-refractivity contribution is -0.0957. The first-order valence-electron chi connectivity index (χ1n) is 9.89. The van der Waals surface area contributed by atoms with Crippen molar-refractivity contribution in [2.75, 3.05) is 7.11 Å². The van der Waals surface area contributed by atoms with Crippen LogP contribution in [-0.4, -0.2) is 25.6 Å². The fourth-order valence-electron chi connectivity index (χ4n) is 5.49. The Bertz CT molecular complexity index is 365. The fraction of sp³-hybridized carbons (Fsp3) is 1.00. The first-order valence-corrected chi connectivity index (χ1v) is 9.89. The molecule has 3 heteroatoms. The molecule has 0 spiro atoms. The molecule has 0 N–H and O–H groups in total. The molecule has 23 heavy (non-hydrogen) atoms. The Balaban J connectivity index is 1.47. The third-order valence-corrected chi connectivity index (χ3v) is 7.18. The minimum atomic E-state index is -1.42. The summed E-state index contributed by atoms with van der Waals surface area (Å²) in [6.07, 6.45) is 8.75. The molecule has 3 fully saturated rings. The molecule has 6 atom stereocenters. The predicted molar refractivity (Wildman–Crippen MR) is 89.9 cm³/mol. The van der Waals surface area contributed by atoms with Gasteiger partial charge in [-0.05, 0) is 48.9 Å². The number of rotatable bonds is 4. The first kappa shape index (κ1) is 17.6. The van der Waals surface area contributed by atoms with Crippen LogP contribution in [0.1, 0.15) is 71.1 Å². The molecule has 0 radical (unpaired) electrons. The highest BCUT2D eigenvalue weighted by molar-refractivity contribution is 4.96. The molecule has 6 unspecified atom stereocenters. The Morgan fingerprint density at radius 2 is 1.48 bits per heavy atom. The second-order valence-electron chi connectivity index (χ2n) is 8.70. The zero-order valence-electron chi connectivity index (χ0n) is 14.9. The van der Waals surface area contributed by atoms with E-state index in [0.717, 1.165) is 31.1 Å². The van der Waals surface area contributed by atoms with Crippen molar-refractivity contribution in [3.8, 4) is 0 Å². The van der Waals surface area contributed by atoms with E-state index in [1.165, 1.54) is 52.1 Å². The number of ether oxygens (including phenoxy) is 1. The van der Waals surface area contributed by atoms with Crippen molar-refractivity contribution in [2.45, 2.75) is 89.6 Å². The summed E-state index contributed by atoms with van der Waals surface area (Å²) < 4.78 is 33.8. The molecule has 3 aliphatic rings. The van der Waals surface area contributed by atoms with E-state index < -0.39 is 18.4 Å². The van der Waals surface area contributed by atoms with Crippen molar-refractivity contribution in [3.05, 3.63) is 0 Å². The van der Waals surface area contributed by atoms with Gasteiger partial charge in [0.1, 0.15) is 6.17 Å². The van der Waals surface area contributed by atoms with Gasteiger partial charge < -0.3 is 4.74 Å². The quantitative estimate of drug-likeness (QED) is 0.641. The molecule has 0 aromatic heterocycles. The van der Waals surface area contributed by atoms with Gasteiger partial charge in [0.2, 0.25) is 0 Å². The molecular weight excluding hydrogens is 294 g/mol. The van der Waals surface area contributed by atoms with E-state index in [2.05, 4.69) is 6.92 Å². The smallest absolute Gasteiger partial charge is 0.157 e. The molecular formula is C20H34F2O. The second-order valence-corrected chi connectivity index (χ2v) is 8.70. The van der Waals surface area contributed by atoms with Gasteiger partial charge in [0.25, 0.3) is 0 Å². The number of hydrogen-bond donors (Lipinski definition) is 0. The van der Waals surface area contributed by atoms with Crippen LogP contribution in [0.5, 0.6) is 0 Å². The summed E-state index contributed by atoms with van der Waals surface area (Å²) >= 11 is 0. The van der Waals surface area contributed by atoms with Crippen molar-refractivity contribution in [1.29, 1.82) is 0 Å². The molecule has 0 bridgehead atoms. The Morgan fingerprint density at radius 1 is 0.826 bits per heavy atom. The Labute approximate surface area is 140 Å². The number of hydrogen-bond acceptors (Lipinski definition) is 1. The molecule has 0 aliphatic heterocycles. The van der Waals surface area contributed by atoms with Gasteiger partial charge in [-0.1, -0.05) is 51.9 Å². The van der Waals surface area contributed by atoms with Crippen LogP contribution in [0.2, 0.25) is 0 Å². The van der Waals surface area contributed by atoms with Gasteiger partial charge in [-0.3, -0.25) is 0 Å². The molecule has 3 saturated carbocycles. The lowest BCUT2D eigenvalue weighted by atomic mass is 9.64. The van der Waals surface area contributed by atoms with Crippen molar-refractivity contribution in [3.63, 3.8) is 0 Å². The van der Waals surface area contributed by atoms with E-state index in [0.29, 0.717) is 11.8 Å². The van der Waals surface area contributed by atoms with Gasteiger partial charge in [0.15, 0.2) is 6.17 Å². The van der Waals surface area contributed by atoms with E-state index in [1.54, 1.807) is 0 Å². The molecule has 0 amide bonds. The SMILES string of the molecule is COC1CC2CCC(CCC3CCC(C)CC3)CC2C(F)C1F. The maximum atomic E-state index is 14.5. The minimum Gasteiger partial charge on any atom is -0.378 e. The molecule has 1 nitrogen and oxygen atoms in total. The largest absolute Gasteiger partial charge is 0.378 e. The van der Waals surface area contributed by atoms with Crippen LogP contribution in [0, 0.1) is 29.6 Å². The minimum absolute atomic E-state index is 0.0541. The highest BCUT2D eigenvalue weighted by Crippen LogP contribution is 2.47. The first-order chi connectivity index (χ1) is 11.1. The molecule has 3 aliphatic carbocycles. The van der Waals surface area contributed by atoms with E-state index in [1.807, 2.05) is 0 Å². The Morgan fingerprint density at radius 3 is 2.17 bits per heavy atom. The van der Waals surface area contributed by atoms with E-state index in [4.69, 9.17) is 4.74 Å². The lowest BCUT2D eigenvalue weighted by Crippen LogP contribution is -2.49. The summed E-state index contributed by atoms with van der Waals surface area (Å²) in [5, 5.41) is 0. The van der Waals surface area contributed by atoms with E-state index in [9.17, 15) is 8.78 Å². The van der Waals surface area contributed by atoms with Gasteiger partial charge in [0.05, 0.1) is 6.10 Å². The van der Waals surface area contributed by atoms with Crippen LogP contribution in [0.25, 0.3) is 0 Å². The third-order valence-electron chi connectivity index (χ3n) is 7.18. The maximum Gasteiger partial charge on any atom is 0.157 e. The maximum absolute atomic E-state index is 14.5. The molecule has 0 aromatic carbocycles. The standard InChI is InChI=1S/C20H34F2O/c1-13-3-5-14(6-4-13)7-8-15-9-10-16-12-18(23-2)20(22)19(21)17(16)11-15/h13-20H,3-12H2,1-2H3. The number of fused-ring (bicyclic) bond motifs is 1. The number of methoxy groups -OCH3 is 1. The highest BCUT2D eigenvalue weighted by atomic mass is 19.2. The summed E-state index contributed by atoms with van der Waals surface area (Å²) in [5.41, 5.74) is 0.